The Labute approximate surface area is 142 Å². The van der Waals surface area contributed by atoms with Crippen LogP contribution in [0.5, 0.6) is 0 Å². The number of anilines is 1. The average Bonchev–Trinajstić information content (AvgIpc) is 2.95. The molecule has 0 saturated carbocycles. The highest BCUT2D eigenvalue weighted by Crippen LogP contribution is 2.33. The maximum absolute atomic E-state index is 12.7. The summed E-state index contributed by atoms with van der Waals surface area (Å²) in [6.07, 6.45) is -3.88. The molecule has 0 aromatic heterocycles. The van der Waals surface area contributed by atoms with Crippen LogP contribution < -0.4 is 10.6 Å². The van der Waals surface area contributed by atoms with Crippen molar-refractivity contribution < 1.29 is 22.8 Å². The number of rotatable bonds is 4. The molecule has 1 aliphatic rings. The molecule has 1 aromatic carbocycles. The van der Waals surface area contributed by atoms with Crippen molar-refractivity contribution in [1.82, 2.24) is 10.2 Å². The molecular weight excluding hydrogens is 347 g/mol. The maximum atomic E-state index is 12.7. The van der Waals surface area contributed by atoms with Gasteiger partial charge in [-0.2, -0.15) is 13.2 Å². The van der Waals surface area contributed by atoms with Crippen molar-refractivity contribution in [2.24, 2.45) is 5.92 Å². The third-order valence-corrected chi connectivity index (χ3v) is 4.15. The first-order valence-corrected chi connectivity index (χ1v) is 7.69. The molecule has 132 valence electrons. The number of likely N-dealkylation sites (tertiary alicyclic amines) is 1. The lowest BCUT2D eigenvalue weighted by Crippen LogP contribution is -2.34. The van der Waals surface area contributed by atoms with E-state index in [0.29, 0.717) is 19.5 Å². The van der Waals surface area contributed by atoms with E-state index in [-0.39, 0.29) is 29.1 Å². The normalized spacial score (nSPS) is 18.5. The summed E-state index contributed by atoms with van der Waals surface area (Å²) in [5.74, 6) is -0.743. The van der Waals surface area contributed by atoms with Gasteiger partial charge >= 0.3 is 6.18 Å². The van der Waals surface area contributed by atoms with Gasteiger partial charge in [0, 0.05) is 13.6 Å². The SMILES string of the molecule is CNC(=O)C1CCN(CC(=O)Nc2cc(C(F)(F)F)ccc2Cl)C1. The minimum atomic E-state index is -4.51. The molecule has 1 aliphatic heterocycles. The molecule has 0 aliphatic carbocycles. The van der Waals surface area contributed by atoms with Crippen molar-refractivity contribution in [3.63, 3.8) is 0 Å². The standard InChI is InChI=1S/C15H17ClF3N3O2/c1-20-14(24)9-4-5-22(7-9)8-13(23)21-12-6-10(15(17,18)19)2-3-11(12)16/h2-3,6,9H,4-5,7-8H2,1H3,(H,20,24)(H,21,23). The van der Waals surface area contributed by atoms with Crippen molar-refractivity contribution in [3.05, 3.63) is 28.8 Å². The van der Waals surface area contributed by atoms with E-state index in [0.717, 1.165) is 18.2 Å². The zero-order valence-corrected chi connectivity index (χ0v) is 13.7. The van der Waals surface area contributed by atoms with Crippen molar-refractivity contribution in [1.29, 1.82) is 0 Å². The molecule has 1 heterocycles. The van der Waals surface area contributed by atoms with E-state index in [1.165, 1.54) is 0 Å². The highest BCUT2D eigenvalue weighted by Gasteiger charge is 2.31. The molecule has 0 radical (unpaired) electrons. The number of amides is 2. The molecule has 2 rings (SSSR count). The maximum Gasteiger partial charge on any atom is 0.416 e. The molecule has 5 nitrogen and oxygen atoms in total. The van der Waals surface area contributed by atoms with Gasteiger partial charge in [-0.15, -0.1) is 0 Å². The van der Waals surface area contributed by atoms with E-state index in [1.54, 1.807) is 11.9 Å². The Balaban J connectivity index is 1.97. The highest BCUT2D eigenvalue weighted by molar-refractivity contribution is 6.33. The fourth-order valence-corrected chi connectivity index (χ4v) is 2.75. The summed E-state index contributed by atoms with van der Waals surface area (Å²) >= 11 is 5.84. The smallest absolute Gasteiger partial charge is 0.359 e. The van der Waals surface area contributed by atoms with E-state index in [1.807, 2.05) is 0 Å². The summed E-state index contributed by atoms with van der Waals surface area (Å²) in [5, 5.41) is 4.98. The van der Waals surface area contributed by atoms with E-state index < -0.39 is 17.6 Å². The van der Waals surface area contributed by atoms with Gasteiger partial charge in [0.05, 0.1) is 28.7 Å². The van der Waals surface area contributed by atoms with E-state index in [2.05, 4.69) is 10.6 Å². The number of nitrogens with one attached hydrogen (secondary N) is 2. The van der Waals surface area contributed by atoms with Crippen LogP contribution in [0.25, 0.3) is 0 Å². The summed E-state index contributed by atoms with van der Waals surface area (Å²) in [4.78, 5) is 25.4. The van der Waals surface area contributed by atoms with Crippen molar-refractivity contribution in [2.45, 2.75) is 12.6 Å². The van der Waals surface area contributed by atoms with Crippen LogP contribution in [0.15, 0.2) is 18.2 Å². The summed E-state index contributed by atoms with van der Waals surface area (Å²) in [5.41, 5.74) is -0.971. The first kappa shape index (κ1) is 18.5. The molecule has 1 unspecified atom stereocenters. The van der Waals surface area contributed by atoms with Crippen LogP contribution in [0.1, 0.15) is 12.0 Å². The number of carbonyl (C=O) groups is 2. The molecule has 1 fully saturated rings. The van der Waals surface area contributed by atoms with E-state index in [4.69, 9.17) is 11.6 Å². The van der Waals surface area contributed by atoms with Crippen molar-refractivity contribution >= 4 is 29.1 Å². The fourth-order valence-electron chi connectivity index (χ4n) is 2.58. The van der Waals surface area contributed by atoms with Crippen LogP contribution in [0.3, 0.4) is 0 Å². The molecular formula is C15H17ClF3N3O2. The van der Waals surface area contributed by atoms with Gasteiger partial charge in [0.15, 0.2) is 0 Å². The molecule has 1 saturated heterocycles. The van der Waals surface area contributed by atoms with Gasteiger partial charge in [-0.25, -0.2) is 0 Å². The van der Waals surface area contributed by atoms with Crippen LogP contribution in [-0.4, -0.2) is 43.4 Å². The zero-order valence-electron chi connectivity index (χ0n) is 12.9. The van der Waals surface area contributed by atoms with Gasteiger partial charge in [0.2, 0.25) is 11.8 Å². The number of hydrogen-bond acceptors (Lipinski definition) is 3. The molecule has 1 atom stereocenters. The predicted octanol–water partition coefficient (Wildman–Crippen LogP) is 2.37. The monoisotopic (exact) mass is 363 g/mol. The van der Waals surface area contributed by atoms with Crippen LogP contribution in [0.4, 0.5) is 18.9 Å². The van der Waals surface area contributed by atoms with Crippen molar-refractivity contribution in [3.8, 4) is 0 Å². The quantitative estimate of drug-likeness (QED) is 0.863. The average molecular weight is 364 g/mol. The van der Waals surface area contributed by atoms with Gasteiger partial charge in [-0.05, 0) is 31.2 Å². The zero-order chi connectivity index (χ0) is 17.9. The number of halogens is 4. The van der Waals surface area contributed by atoms with Crippen molar-refractivity contribution in [2.75, 3.05) is 32.0 Å². The first-order chi connectivity index (χ1) is 11.2. The predicted molar refractivity (Wildman–Crippen MR) is 83.7 cm³/mol. The van der Waals surface area contributed by atoms with Gasteiger partial charge in [0.25, 0.3) is 0 Å². The Kier molecular flexibility index (Phi) is 5.71. The molecule has 24 heavy (non-hydrogen) atoms. The summed E-state index contributed by atoms with van der Waals surface area (Å²) in [7, 11) is 1.55. The second-order valence-electron chi connectivity index (χ2n) is 5.58. The number of carbonyl (C=O) groups excluding carboxylic acids is 2. The third-order valence-electron chi connectivity index (χ3n) is 3.82. The number of benzene rings is 1. The number of alkyl halides is 3. The highest BCUT2D eigenvalue weighted by atomic mass is 35.5. The fraction of sp³-hybridized carbons (Fsp3) is 0.467. The Bertz CT molecular complexity index is 637. The molecule has 9 heteroatoms. The second kappa shape index (κ2) is 7.40. The molecule has 1 aromatic rings. The van der Waals surface area contributed by atoms with Gasteiger partial charge in [0.1, 0.15) is 0 Å². The lowest BCUT2D eigenvalue weighted by Gasteiger charge is -2.16. The second-order valence-corrected chi connectivity index (χ2v) is 5.98. The molecule has 0 bridgehead atoms. The Morgan fingerprint density at radius 2 is 2.08 bits per heavy atom. The largest absolute Gasteiger partial charge is 0.416 e. The van der Waals surface area contributed by atoms with Gasteiger partial charge in [-0.3, -0.25) is 14.5 Å². The Morgan fingerprint density at radius 1 is 1.38 bits per heavy atom. The minimum absolute atomic E-state index is 0.0138. The van der Waals surface area contributed by atoms with Gasteiger partial charge < -0.3 is 10.6 Å². The van der Waals surface area contributed by atoms with Crippen LogP contribution >= 0.6 is 11.6 Å². The Hall–Kier alpha value is -1.80. The summed E-state index contributed by atoms with van der Waals surface area (Å²) in [6, 6.07) is 2.75. The van der Waals surface area contributed by atoms with Gasteiger partial charge in [-0.1, -0.05) is 11.6 Å². The van der Waals surface area contributed by atoms with E-state index >= 15 is 0 Å². The Morgan fingerprint density at radius 3 is 2.71 bits per heavy atom. The molecule has 0 spiro atoms. The summed E-state index contributed by atoms with van der Waals surface area (Å²) < 4.78 is 38.1. The number of nitrogens with zero attached hydrogens (tertiary/aromatic N) is 1. The number of hydrogen-bond donors (Lipinski definition) is 2. The van der Waals surface area contributed by atoms with Crippen LogP contribution in [0.2, 0.25) is 5.02 Å². The molecule has 2 amide bonds. The third kappa shape index (κ3) is 4.61. The topological polar surface area (TPSA) is 61.4 Å². The van der Waals surface area contributed by atoms with Crippen LogP contribution in [0, 0.1) is 5.92 Å². The lowest BCUT2D eigenvalue weighted by molar-refractivity contribution is -0.137. The first-order valence-electron chi connectivity index (χ1n) is 7.31. The lowest BCUT2D eigenvalue weighted by atomic mass is 10.1. The van der Waals surface area contributed by atoms with E-state index in [9.17, 15) is 22.8 Å². The summed E-state index contributed by atoms with van der Waals surface area (Å²) in [6.45, 7) is 0.991. The van der Waals surface area contributed by atoms with Crippen LogP contribution in [-0.2, 0) is 15.8 Å². The molecule has 2 N–H and O–H groups in total. The minimum Gasteiger partial charge on any atom is -0.359 e.